The minimum atomic E-state index is 0.774. The monoisotopic (exact) mass is 277 g/mol. The van der Waals surface area contributed by atoms with E-state index >= 15 is 0 Å². The maximum atomic E-state index is 3.82. The number of hydrogen-bond acceptors (Lipinski definition) is 2. The van der Waals surface area contributed by atoms with Crippen LogP contribution in [0, 0.1) is 5.41 Å². The van der Waals surface area contributed by atoms with Gasteiger partial charge in [-0.2, -0.15) is 0 Å². The summed E-state index contributed by atoms with van der Waals surface area (Å²) in [6, 6.07) is 3.06. The van der Waals surface area contributed by atoms with E-state index in [1.54, 1.807) is 10.4 Å². The standard InChI is InChI=1S/C17H27NS/c1-2-14-7-12-19-16(14)13-18-15-5-10-17(11-6-15)8-3-4-9-17/h7,12,15,18H,2-6,8-11,13H2,1H3. The van der Waals surface area contributed by atoms with Crippen molar-refractivity contribution in [1.29, 1.82) is 0 Å². The average Bonchev–Trinajstić information content (AvgIpc) is 3.07. The number of nitrogens with one attached hydrogen (secondary N) is 1. The van der Waals surface area contributed by atoms with Crippen molar-refractivity contribution >= 4 is 11.3 Å². The van der Waals surface area contributed by atoms with Gasteiger partial charge in [0.05, 0.1) is 0 Å². The zero-order chi connectivity index (χ0) is 13.1. The van der Waals surface area contributed by atoms with Crippen LogP contribution in [-0.2, 0) is 13.0 Å². The van der Waals surface area contributed by atoms with Gasteiger partial charge in [0.15, 0.2) is 0 Å². The Bertz CT molecular complexity index is 393. The molecular weight excluding hydrogens is 250 g/mol. The van der Waals surface area contributed by atoms with E-state index in [-0.39, 0.29) is 0 Å². The number of thiophene rings is 1. The summed E-state index contributed by atoms with van der Waals surface area (Å²) in [4.78, 5) is 1.56. The van der Waals surface area contributed by atoms with Crippen molar-refractivity contribution in [2.75, 3.05) is 0 Å². The lowest BCUT2D eigenvalue weighted by Crippen LogP contribution is -2.36. The molecule has 3 rings (SSSR count). The Labute approximate surface area is 121 Å². The third-order valence-corrected chi connectivity index (χ3v) is 6.44. The number of rotatable bonds is 4. The molecule has 19 heavy (non-hydrogen) atoms. The van der Waals surface area contributed by atoms with E-state index < -0.39 is 0 Å². The first-order valence-corrected chi connectivity index (χ1v) is 8.98. The van der Waals surface area contributed by atoms with Gasteiger partial charge < -0.3 is 5.32 Å². The summed E-state index contributed by atoms with van der Waals surface area (Å²) in [6.07, 6.45) is 13.0. The third kappa shape index (κ3) is 3.05. The number of hydrogen-bond donors (Lipinski definition) is 1. The summed E-state index contributed by atoms with van der Waals surface area (Å²) in [6.45, 7) is 3.36. The first-order valence-electron chi connectivity index (χ1n) is 8.10. The zero-order valence-electron chi connectivity index (χ0n) is 12.2. The molecule has 0 amide bonds. The van der Waals surface area contributed by atoms with E-state index in [2.05, 4.69) is 23.7 Å². The molecule has 106 valence electrons. The highest BCUT2D eigenvalue weighted by molar-refractivity contribution is 7.10. The van der Waals surface area contributed by atoms with Crippen molar-refractivity contribution in [3.8, 4) is 0 Å². The molecule has 2 aliphatic carbocycles. The molecule has 0 atom stereocenters. The lowest BCUT2D eigenvalue weighted by atomic mass is 9.71. The molecule has 0 bridgehead atoms. The predicted octanol–water partition coefficient (Wildman–Crippen LogP) is 4.90. The lowest BCUT2D eigenvalue weighted by molar-refractivity contribution is 0.168. The number of aryl methyl sites for hydroxylation is 1. The molecule has 2 heteroatoms. The quantitative estimate of drug-likeness (QED) is 0.825. The minimum Gasteiger partial charge on any atom is -0.309 e. The van der Waals surface area contributed by atoms with Crippen LogP contribution >= 0.6 is 11.3 Å². The van der Waals surface area contributed by atoms with Crippen LogP contribution in [0.2, 0.25) is 0 Å². The van der Waals surface area contributed by atoms with Crippen molar-refractivity contribution in [1.82, 2.24) is 5.32 Å². The molecule has 2 fully saturated rings. The fraction of sp³-hybridized carbons (Fsp3) is 0.765. The van der Waals surface area contributed by atoms with Crippen molar-refractivity contribution < 1.29 is 0 Å². The molecule has 1 nitrogen and oxygen atoms in total. The van der Waals surface area contributed by atoms with Gasteiger partial charge in [-0.3, -0.25) is 0 Å². The van der Waals surface area contributed by atoms with E-state index in [1.165, 1.54) is 57.8 Å². The van der Waals surface area contributed by atoms with Crippen molar-refractivity contribution in [2.45, 2.75) is 77.3 Å². The molecule has 1 aromatic rings. The first-order chi connectivity index (χ1) is 9.31. The van der Waals surface area contributed by atoms with Crippen LogP contribution in [0.15, 0.2) is 11.4 Å². The van der Waals surface area contributed by atoms with Crippen LogP contribution in [0.1, 0.15) is 68.7 Å². The van der Waals surface area contributed by atoms with Crippen LogP contribution < -0.4 is 5.32 Å². The van der Waals surface area contributed by atoms with Crippen LogP contribution in [0.25, 0.3) is 0 Å². The maximum Gasteiger partial charge on any atom is 0.0305 e. The molecule has 1 aromatic heterocycles. The Balaban J connectivity index is 1.47. The third-order valence-electron chi connectivity index (χ3n) is 5.48. The van der Waals surface area contributed by atoms with Crippen molar-refractivity contribution in [2.24, 2.45) is 5.41 Å². The zero-order valence-corrected chi connectivity index (χ0v) is 13.0. The van der Waals surface area contributed by atoms with E-state index in [0.717, 1.165) is 18.0 Å². The van der Waals surface area contributed by atoms with Gasteiger partial charge in [-0.05, 0) is 67.4 Å². The van der Waals surface area contributed by atoms with Crippen molar-refractivity contribution in [3.63, 3.8) is 0 Å². The Morgan fingerprint density at radius 2 is 1.95 bits per heavy atom. The van der Waals surface area contributed by atoms with Gasteiger partial charge in [-0.15, -0.1) is 11.3 Å². The van der Waals surface area contributed by atoms with Gasteiger partial charge in [-0.25, -0.2) is 0 Å². The highest BCUT2D eigenvalue weighted by Gasteiger charge is 2.37. The van der Waals surface area contributed by atoms with Gasteiger partial charge in [0.25, 0.3) is 0 Å². The molecule has 0 saturated heterocycles. The normalized spacial score (nSPS) is 23.2. The van der Waals surface area contributed by atoms with Crippen LogP contribution in [0.3, 0.4) is 0 Å². The van der Waals surface area contributed by atoms with Crippen LogP contribution in [0.4, 0.5) is 0 Å². The molecule has 0 radical (unpaired) electrons. The fourth-order valence-corrected chi connectivity index (χ4v) is 5.06. The molecular formula is C17H27NS. The Morgan fingerprint density at radius 3 is 2.63 bits per heavy atom. The minimum absolute atomic E-state index is 0.774. The van der Waals surface area contributed by atoms with Crippen LogP contribution in [-0.4, -0.2) is 6.04 Å². The summed E-state index contributed by atoms with van der Waals surface area (Å²) >= 11 is 1.92. The predicted molar refractivity (Wildman–Crippen MR) is 83.7 cm³/mol. The topological polar surface area (TPSA) is 12.0 Å². The molecule has 2 aliphatic rings. The van der Waals surface area contributed by atoms with Gasteiger partial charge in [0.1, 0.15) is 0 Å². The molecule has 0 unspecified atom stereocenters. The van der Waals surface area contributed by atoms with E-state index in [0.29, 0.717) is 0 Å². The smallest absolute Gasteiger partial charge is 0.0305 e. The summed E-state index contributed by atoms with van der Waals surface area (Å²) < 4.78 is 0. The highest BCUT2D eigenvalue weighted by Crippen LogP contribution is 2.48. The largest absolute Gasteiger partial charge is 0.309 e. The Kier molecular flexibility index (Phi) is 4.28. The Hall–Kier alpha value is -0.340. The summed E-state index contributed by atoms with van der Waals surface area (Å²) in [5.74, 6) is 0. The molecule has 0 aliphatic heterocycles. The van der Waals surface area contributed by atoms with Crippen LogP contribution in [0.5, 0.6) is 0 Å². The van der Waals surface area contributed by atoms with Gasteiger partial charge in [0, 0.05) is 17.5 Å². The highest BCUT2D eigenvalue weighted by atomic mass is 32.1. The van der Waals surface area contributed by atoms with E-state index in [9.17, 15) is 0 Å². The molecule has 0 aromatic carbocycles. The Morgan fingerprint density at radius 1 is 1.21 bits per heavy atom. The molecule has 2 saturated carbocycles. The second kappa shape index (κ2) is 5.97. The molecule has 1 heterocycles. The van der Waals surface area contributed by atoms with Gasteiger partial charge in [0.2, 0.25) is 0 Å². The second-order valence-corrected chi connectivity index (χ2v) is 7.59. The summed E-state index contributed by atoms with van der Waals surface area (Å²) in [7, 11) is 0. The van der Waals surface area contributed by atoms with Crippen molar-refractivity contribution in [3.05, 3.63) is 21.9 Å². The molecule has 1 spiro atoms. The summed E-state index contributed by atoms with van der Waals surface area (Å²) in [5, 5.41) is 6.06. The lowest BCUT2D eigenvalue weighted by Gasteiger charge is -2.37. The van der Waals surface area contributed by atoms with Gasteiger partial charge >= 0.3 is 0 Å². The fourth-order valence-electron chi connectivity index (χ4n) is 4.13. The van der Waals surface area contributed by atoms with E-state index in [1.807, 2.05) is 11.3 Å². The maximum absolute atomic E-state index is 3.82. The first kappa shape index (κ1) is 13.6. The SMILES string of the molecule is CCc1ccsc1CNC1CCC2(CCCC2)CC1. The average molecular weight is 277 g/mol. The molecule has 1 N–H and O–H groups in total. The van der Waals surface area contributed by atoms with E-state index in [4.69, 9.17) is 0 Å². The summed E-state index contributed by atoms with van der Waals surface area (Å²) in [5.41, 5.74) is 2.32. The second-order valence-electron chi connectivity index (χ2n) is 6.58. The van der Waals surface area contributed by atoms with Gasteiger partial charge in [-0.1, -0.05) is 19.8 Å².